The van der Waals surface area contributed by atoms with Gasteiger partial charge >= 0.3 is 0 Å². The molecule has 0 atom stereocenters. The lowest BCUT2D eigenvalue weighted by molar-refractivity contribution is 0.0890. The molecule has 110 valence electrons. The Hall–Kier alpha value is -0.920. The second-order valence-corrected chi connectivity index (χ2v) is 8.04. The summed E-state index contributed by atoms with van der Waals surface area (Å²) in [5.41, 5.74) is 0.455. The molecule has 0 saturated heterocycles. The summed E-state index contributed by atoms with van der Waals surface area (Å²) in [6.45, 7) is 2.73. The number of hydrogen-bond acceptors (Lipinski definition) is 3. The van der Waals surface area contributed by atoms with Crippen LogP contribution < -0.4 is 10.5 Å². The van der Waals surface area contributed by atoms with Crippen molar-refractivity contribution in [3.05, 3.63) is 28.2 Å². The highest BCUT2D eigenvalue weighted by molar-refractivity contribution is 9.10. The quantitative estimate of drug-likeness (QED) is 0.860. The predicted octanol–water partition coefficient (Wildman–Crippen LogP) is 2.02. The number of hydrogen-bond donors (Lipinski definition) is 2. The average molecular weight is 361 g/mol. The highest BCUT2D eigenvalue weighted by Crippen LogP contribution is 2.39. The monoisotopic (exact) mass is 360 g/mol. The zero-order valence-corrected chi connectivity index (χ0v) is 13.6. The molecule has 0 heterocycles. The molecule has 5 nitrogen and oxygen atoms in total. The maximum Gasteiger partial charge on any atom is 0.251 e. The van der Waals surface area contributed by atoms with E-state index in [4.69, 9.17) is 5.14 Å². The molecular weight excluding hydrogens is 344 g/mol. The summed E-state index contributed by atoms with van der Waals surface area (Å²) in [5.74, 6) is -0.288. The van der Waals surface area contributed by atoms with Gasteiger partial charge < -0.3 is 5.32 Å². The number of sulfonamides is 1. The first-order valence-corrected chi connectivity index (χ1v) is 8.65. The lowest BCUT2D eigenvalue weighted by atomic mass is 9.70. The second kappa shape index (κ2) is 5.46. The van der Waals surface area contributed by atoms with Crippen molar-refractivity contribution in [2.75, 3.05) is 6.54 Å². The van der Waals surface area contributed by atoms with E-state index >= 15 is 0 Å². The molecule has 0 aliphatic heterocycles. The van der Waals surface area contributed by atoms with E-state index in [1.165, 1.54) is 18.6 Å². The topological polar surface area (TPSA) is 89.3 Å². The van der Waals surface area contributed by atoms with E-state index in [1.54, 1.807) is 6.07 Å². The van der Waals surface area contributed by atoms with Gasteiger partial charge in [-0.3, -0.25) is 4.79 Å². The standard InChI is InChI=1S/C13H17BrN2O3S/c1-13(3-2-4-13)8-16-12(17)9-5-10(14)7-11(6-9)20(15,18)19/h5-7H,2-4,8H2,1H3,(H,16,17)(H2,15,18,19). The number of carbonyl (C=O) groups is 1. The number of amides is 1. The van der Waals surface area contributed by atoms with Crippen molar-refractivity contribution in [3.8, 4) is 0 Å². The van der Waals surface area contributed by atoms with Crippen LogP contribution in [-0.4, -0.2) is 20.9 Å². The number of nitrogens with one attached hydrogen (secondary N) is 1. The van der Waals surface area contributed by atoms with Crippen LogP contribution in [-0.2, 0) is 10.0 Å². The lowest BCUT2D eigenvalue weighted by Gasteiger charge is -2.38. The van der Waals surface area contributed by atoms with Crippen molar-refractivity contribution in [1.29, 1.82) is 0 Å². The van der Waals surface area contributed by atoms with E-state index in [9.17, 15) is 13.2 Å². The summed E-state index contributed by atoms with van der Waals surface area (Å²) in [5, 5.41) is 7.94. The largest absolute Gasteiger partial charge is 0.351 e. The number of halogens is 1. The van der Waals surface area contributed by atoms with Crippen LogP contribution in [0.4, 0.5) is 0 Å². The van der Waals surface area contributed by atoms with Gasteiger partial charge in [0.05, 0.1) is 4.90 Å². The van der Waals surface area contributed by atoms with Gasteiger partial charge in [-0.2, -0.15) is 0 Å². The molecule has 1 fully saturated rings. The van der Waals surface area contributed by atoms with Gasteiger partial charge in [0.15, 0.2) is 0 Å². The molecule has 3 N–H and O–H groups in total. The van der Waals surface area contributed by atoms with E-state index < -0.39 is 10.0 Å². The molecule has 0 unspecified atom stereocenters. The molecule has 0 aromatic heterocycles. The van der Waals surface area contributed by atoms with Gasteiger partial charge in [0, 0.05) is 16.6 Å². The fourth-order valence-electron chi connectivity index (χ4n) is 2.21. The van der Waals surface area contributed by atoms with Gasteiger partial charge in [-0.05, 0) is 36.5 Å². The third kappa shape index (κ3) is 3.59. The van der Waals surface area contributed by atoms with E-state index in [0.29, 0.717) is 11.0 Å². The Balaban J connectivity index is 2.15. The summed E-state index contributed by atoms with van der Waals surface area (Å²) in [4.78, 5) is 12.0. The molecule has 1 saturated carbocycles. The number of carbonyl (C=O) groups excluding carboxylic acids is 1. The van der Waals surface area contributed by atoms with Gasteiger partial charge in [-0.25, -0.2) is 13.6 Å². The number of benzene rings is 1. The summed E-state index contributed by atoms with van der Waals surface area (Å²) in [6.07, 6.45) is 3.40. The van der Waals surface area contributed by atoms with Crippen molar-refractivity contribution >= 4 is 31.9 Å². The Morgan fingerprint density at radius 3 is 2.55 bits per heavy atom. The molecule has 1 aliphatic carbocycles. The first-order chi connectivity index (χ1) is 9.20. The molecular formula is C13H17BrN2O3S. The maximum absolute atomic E-state index is 12.1. The van der Waals surface area contributed by atoms with E-state index in [1.807, 2.05) is 0 Å². The summed E-state index contributed by atoms with van der Waals surface area (Å²) < 4.78 is 23.2. The Morgan fingerprint density at radius 1 is 1.40 bits per heavy atom. The first kappa shape index (κ1) is 15.5. The average Bonchev–Trinajstić information content (AvgIpc) is 2.31. The van der Waals surface area contributed by atoms with Gasteiger partial charge in [-0.1, -0.05) is 29.3 Å². The normalized spacial score (nSPS) is 17.4. The smallest absolute Gasteiger partial charge is 0.251 e. The SMILES string of the molecule is CC1(CNC(=O)c2cc(Br)cc(S(N)(=O)=O)c2)CCC1. The summed E-state index contributed by atoms with van der Waals surface area (Å²) >= 11 is 3.19. The molecule has 7 heteroatoms. The second-order valence-electron chi connectivity index (χ2n) is 5.57. The highest BCUT2D eigenvalue weighted by Gasteiger charge is 2.32. The molecule has 1 aromatic rings. The molecule has 1 amide bonds. The molecule has 0 radical (unpaired) electrons. The Kier molecular flexibility index (Phi) is 4.22. The van der Waals surface area contributed by atoms with Crippen LogP contribution in [0.25, 0.3) is 0 Å². The van der Waals surface area contributed by atoms with E-state index in [-0.39, 0.29) is 21.8 Å². The molecule has 1 aromatic carbocycles. The summed E-state index contributed by atoms with van der Waals surface area (Å²) in [7, 11) is -3.83. The van der Waals surface area contributed by atoms with Crippen molar-refractivity contribution < 1.29 is 13.2 Å². The van der Waals surface area contributed by atoms with Crippen LogP contribution in [0, 0.1) is 5.41 Å². The minimum Gasteiger partial charge on any atom is -0.351 e. The lowest BCUT2D eigenvalue weighted by Crippen LogP contribution is -2.40. The van der Waals surface area contributed by atoms with Crippen molar-refractivity contribution in [1.82, 2.24) is 5.32 Å². The van der Waals surface area contributed by atoms with Gasteiger partial charge in [-0.15, -0.1) is 0 Å². The predicted molar refractivity (Wildman–Crippen MR) is 79.8 cm³/mol. The molecule has 0 bridgehead atoms. The molecule has 1 aliphatic rings. The fraction of sp³-hybridized carbons (Fsp3) is 0.462. The zero-order valence-electron chi connectivity index (χ0n) is 11.1. The Morgan fingerprint density at radius 2 is 2.05 bits per heavy atom. The third-order valence-electron chi connectivity index (χ3n) is 3.70. The highest BCUT2D eigenvalue weighted by atomic mass is 79.9. The minimum atomic E-state index is -3.83. The fourth-order valence-corrected chi connectivity index (χ4v) is 3.44. The van der Waals surface area contributed by atoms with Crippen molar-refractivity contribution in [2.24, 2.45) is 10.6 Å². The van der Waals surface area contributed by atoms with Crippen LogP contribution >= 0.6 is 15.9 Å². The van der Waals surface area contributed by atoms with Crippen molar-refractivity contribution in [3.63, 3.8) is 0 Å². The van der Waals surface area contributed by atoms with Gasteiger partial charge in [0.25, 0.3) is 5.91 Å². The first-order valence-electron chi connectivity index (χ1n) is 6.31. The Labute approximate surface area is 127 Å². The van der Waals surface area contributed by atoms with Gasteiger partial charge in [0.2, 0.25) is 10.0 Å². The van der Waals surface area contributed by atoms with Gasteiger partial charge in [0.1, 0.15) is 0 Å². The van der Waals surface area contributed by atoms with Crippen LogP contribution in [0.5, 0.6) is 0 Å². The molecule has 20 heavy (non-hydrogen) atoms. The third-order valence-corrected chi connectivity index (χ3v) is 5.05. The minimum absolute atomic E-state index is 0.0770. The number of rotatable bonds is 4. The van der Waals surface area contributed by atoms with Crippen molar-refractivity contribution in [2.45, 2.75) is 31.1 Å². The summed E-state index contributed by atoms with van der Waals surface area (Å²) in [6, 6.07) is 4.24. The van der Waals surface area contributed by atoms with E-state index in [2.05, 4.69) is 28.2 Å². The van der Waals surface area contributed by atoms with Crippen LogP contribution in [0.1, 0.15) is 36.5 Å². The van der Waals surface area contributed by atoms with Crippen LogP contribution in [0.3, 0.4) is 0 Å². The van der Waals surface area contributed by atoms with Crippen LogP contribution in [0.15, 0.2) is 27.6 Å². The number of nitrogens with two attached hydrogens (primary N) is 1. The molecule has 2 rings (SSSR count). The van der Waals surface area contributed by atoms with Crippen LogP contribution in [0.2, 0.25) is 0 Å². The van der Waals surface area contributed by atoms with E-state index in [0.717, 1.165) is 12.8 Å². The molecule has 0 spiro atoms. The maximum atomic E-state index is 12.1. The zero-order chi connectivity index (χ0) is 15.0. The number of primary sulfonamides is 1. The Bertz CT molecular complexity index is 639.